The number of allylic oxidation sites excluding steroid dienone is 1. The van der Waals surface area contributed by atoms with Gasteiger partial charge in [-0.25, -0.2) is 13.2 Å². The Labute approximate surface area is 267 Å². The van der Waals surface area contributed by atoms with Crippen LogP contribution in [-0.4, -0.2) is 53.8 Å². The summed E-state index contributed by atoms with van der Waals surface area (Å²) in [6.45, 7) is 10.7. The van der Waals surface area contributed by atoms with Gasteiger partial charge in [0.2, 0.25) is 5.69 Å². The fourth-order valence-electron chi connectivity index (χ4n) is 6.30. The van der Waals surface area contributed by atoms with E-state index in [0.29, 0.717) is 17.5 Å². The molecule has 0 aliphatic carbocycles. The zero-order valence-corrected chi connectivity index (χ0v) is 28.0. The first kappa shape index (κ1) is 34.4. The number of aromatic hydroxyl groups is 1. The van der Waals surface area contributed by atoms with Crippen LogP contribution in [0.5, 0.6) is 5.75 Å². The van der Waals surface area contributed by atoms with E-state index >= 15 is 0 Å². The molecule has 3 aromatic rings. The largest absolute Gasteiger partial charge is 0.748 e. The van der Waals surface area contributed by atoms with Gasteiger partial charge in [0.15, 0.2) is 5.71 Å². The van der Waals surface area contributed by atoms with Crippen LogP contribution in [-0.2, 0) is 15.5 Å². The number of fused-ring (bicyclic) bond motifs is 2. The predicted molar refractivity (Wildman–Crippen MR) is 182 cm³/mol. The standard InChI is InChI=1S/C36H48N2O6S/c1-5-7-9-13-22-37(23-14-10-8-6-2)27-18-19-28-32(26-27)44-35(40)29(34(28)39)20-21-33-36(3,4)30-16-11-12-17-31(30)38(33)24-15-25-45(41,42)43/h11-12,16-21,26H,5-10,13-15,22-25H2,1-4H3,(H,41,42,43). The molecule has 1 N–H and O–H groups in total. The SMILES string of the molecule is CCCCCCN(CCCCCC)c1ccc2c(O)c(/C=C/C3=[N+](CCCS(=O)(=O)[O-])c4ccccc4C3(C)C)c(=O)oc2c1. The molecule has 8 nitrogen and oxygen atoms in total. The summed E-state index contributed by atoms with van der Waals surface area (Å²) in [7, 11) is -4.34. The second kappa shape index (κ2) is 15.2. The Morgan fingerprint density at radius 1 is 0.933 bits per heavy atom. The first-order valence-corrected chi connectivity index (χ1v) is 18.0. The molecular formula is C36H48N2O6S. The molecule has 0 radical (unpaired) electrons. The second-order valence-corrected chi connectivity index (χ2v) is 14.1. The summed E-state index contributed by atoms with van der Waals surface area (Å²) >= 11 is 0. The van der Waals surface area contributed by atoms with Gasteiger partial charge in [0.25, 0.3) is 0 Å². The minimum atomic E-state index is -4.34. The average molecular weight is 637 g/mol. The molecule has 0 bridgehead atoms. The summed E-state index contributed by atoms with van der Waals surface area (Å²) in [5, 5.41) is 11.8. The topological polar surface area (TPSA) is 114 Å². The summed E-state index contributed by atoms with van der Waals surface area (Å²) in [4.78, 5) is 15.6. The molecule has 45 heavy (non-hydrogen) atoms. The minimum absolute atomic E-state index is 0.0487. The Morgan fingerprint density at radius 3 is 2.24 bits per heavy atom. The zero-order chi connectivity index (χ0) is 32.6. The van der Waals surface area contributed by atoms with Crippen LogP contribution in [0.25, 0.3) is 17.0 Å². The van der Waals surface area contributed by atoms with Crippen molar-refractivity contribution in [3.8, 4) is 5.75 Å². The summed E-state index contributed by atoms with van der Waals surface area (Å²) in [6, 6.07) is 13.5. The number of benzene rings is 2. The van der Waals surface area contributed by atoms with E-state index in [1.807, 2.05) is 47.0 Å². The van der Waals surface area contributed by atoms with Crippen molar-refractivity contribution in [3.05, 3.63) is 70.1 Å². The van der Waals surface area contributed by atoms with Crippen molar-refractivity contribution in [2.24, 2.45) is 0 Å². The van der Waals surface area contributed by atoms with E-state index in [0.717, 1.165) is 48.6 Å². The molecule has 0 saturated carbocycles. The third kappa shape index (κ3) is 8.44. The number of nitrogens with zero attached hydrogens (tertiary/aromatic N) is 2. The fourth-order valence-corrected chi connectivity index (χ4v) is 6.79. The van der Waals surface area contributed by atoms with Crippen molar-refractivity contribution in [3.63, 3.8) is 0 Å². The Bertz CT molecular complexity index is 1690. The van der Waals surface area contributed by atoms with Gasteiger partial charge in [-0.3, -0.25) is 0 Å². The maximum Gasteiger partial charge on any atom is 0.347 e. The third-order valence-corrected chi connectivity index (χ3v) is 9.60. The van der Waals surface area contributed by atoms with Gasteiger partial charge >= 0.3 is 5.63 Å². The minimum Gasteiger partial charge on any atom is -0.748 e. The molecule has 1 aliphatic heterocycles. The van der Waals surface area contributed by atoms with E-state index in [4.69, 9.17) is 4.42 Å². The molecule has 244 valence electrons. The second-order valence-electron chi connectivity index (χ2n) is 12.6. The van der Waals surface area contributed by atoms with Gasteiger partial charge in [-0.15, -0.1) is 0 Å². The van der Waals surface area contributed by atoms with E-state index in [-0.39, 0.29) is 17.7 Å². The summed E-state index contributed by atoms with van der Waals surface area (Å²) < 4.78 is 41.6. The Balaban J connectivity index is 1.66. The molecule has 0 spiro atoms. The lowest BCUT2D eigenvalue weighted by Crippen LogP contribution is -2.28. The first-order chi connectivity index (χ1) is 21.5. The van der Waals surface area contributed by atoms with Gasteiger partial charge in [-0.2, -0.15) is 4.58 Å². The highest BCUT2D eigenvalue weighted by molar-refractivity contribution is 7.85. The van der Waals surface area contributed by atoms with Crippen molar-refractivity contribution < 1.29 is 27.1 Å². The number of para-hydroxylation sites is 1. The number of anilines is 1. The molecule has 2 heterocycles. The molecule has 4 rings (SSSR count). The van der Waals surface area contributed by atoms with Crippen molar-refractivity contribution in [2.75, 3.05) is 30.3 Å². The molecule has 0 unspecified atom stereocenters. The quantitative estimate of drug-likeness (QED) is 0.0707. The van der Waals surface area contributed by atoms with Crippen molar-refractivity contribution in [1.82, 2.24) is 0 Å². The number of hydrogen-bond donors (Lipinski definition) is 1. The van der Waals surface area contributed by atoms with Crippen molar-refractivity contribution in [1.29, 1.82) is 0 Å². The van der Waals surface area contributed by atoms with Crippen LogP contribution in [0.2, 0.25) is 0 Å². The van der Waals surface area contributed by atoms with Gasteiger partial charge in [-0.05, 0) is 44.9 Å². The highest BCUT2D eigenvalue weighted by Gasteiger charge is 2.44. The van der Waals surface area contributed by atoms with E-state index in [1.165, 1.54) is 38.5 Å². The molecule has 2 aromatic carbocycles. The van der Waals surface area contributed by atoms with Crippen LogP contribution in [0.1, 0.15) is 96.6 Å². The van der Waals surface area contributed by atoms with E-state index < -0.39 is 26.9 Å². The van der Waals surface area contributed by atoms with Crippen LogP contribution >= 0.6 is 0 Å². The third-order valence-electron chi connectivity index (χ3n) is 8.81. The predicted octanol–water partition coefficient (Wildman–Crippen LogP) is 7.49. The molecule has 0 amide bonds. The Hall–Kier alpha value is -3.43. The molecule has 0 saturated heterocycles. The molecule has 0 fully saturated rings. The van der Waals surface area contributed by atoms with E-state index in [9.17, 15) is 22.9 Å². The number of rotatable bonds is 17. The first-order valence-electron chi connectivity index (χ1n) is 16.4. The maximum atomic E-state index is 13.3. The van der Waals surface area contributed by atoms with E-state index in [2.05, 4.69) is 32.6 Å². The van der Waals surface area contributed by atoms with Gasteiger partial charge in [0, 0.05) is 54.7 Å². The average Bonchev–Trinajstić information content (AvgIpc) is 3.21. The van der Waals surface area contributed by atoms with Crippen molar-refractivity contribution >= 4 is 44.2 Å². The van der Waals surface area contributed by atoms with Crippen LogP contribution in [0.15, 0.2) is 57.8 Å². The van der Waals surface area contributed by atoms with Crippen LogP contribution in [0.4, 0.5) is 11.4 Å². The van der Waals surface area contributed by atoms with Gasteiger partial charge in [0.1, 0.15) is 23.4 Å². The fraction of sp³-hybridized carbons (Fsp3) is 0.500. The molecule has 1 aromatic heterocycles. The van der Waals surface area contributed by atoms with Crippen LogP contribution < -0.4 is 10.5 Å². The monoisotopic (exact) mass is 636 g/mol. The molecule has 1 aliphatic rings. The number of hydrogen-bond acceptors (Lipinski definition) is 7. The molecular weight excluding hydrogens is 588 g/mol. The molecule has 0 atom stereocenters. The highest BCUT2D eigenvalue weighted by atomic mass is 32.2. The van der Waals surface area contributed by atoms with Crippen LogP contribution in [0.3, 0.4) is 0 Å². The highest BCUT2D eigenvalue weighted by Crippen LogP contribution is 2.40. The Kier molecular flexibility index (Phi) is 11.7. The smallest absolute Gasteiger partial charge is 0.347 e. The van der Waals surface area contributed by atoms with Crippen LogP contribution in [0, 0.1) is 0 Å². The Morgan fingerprint density at radius 2 is 1.60 bits per heavy atom. The summed E-state index contributed by atoms with van der Waals surface area (Å²) in [6.07, 6.45) is 12.9. The molecule has 9 heteroatoms. The maximum absolute atomic E-state index is 13.3. The zero-order valence-electron chi connectivity index (χ0n) is 27.2. The van der Waals surface area contributed by atoms with Crippen molar-refractivity contribution in [2.45, 2.75) is 90.9 Å². The lowest BCUT2D eigenvalue weighted by Gasteiger charge is -2.25. The lowest BCUT2D eigenvalue weighted by molar-refractivity contribution is -0.437. The lowest BCUT2D eigenvalue weighted by atomic mass is 9.81. The summed E-state index contributed by atoms with van der Waals surface area (Å²) in [5.74, 6) is -0.603. The van der Waals surface area contributed by atoms with Gasteiger partial charge in [-0.1, -0.05) is 70.6 Å². The van der Waals surface area contributed by atoms with Gasteiger partial charge < -0.3 is 19.0 Å². The number of unbranched alkanes of at least 4 members (excludes halogenated alkanes) is 6. The van der Waals surface area contributed by atoms with E-state index in [1.54, 1.807) is 12.2 Å². The normalized spacial score (nSPS) is 14.5. The van der Waals surface area contributed by atoms with Gasteiger partial charge in [0.05, 0.1) is 20.9 Å². The summed E-state index contributed by atoms with van der Waals surface area (Å²) in [5.41, 5.74) is 3.06.